The first kappa shape index (κ1) is 13.1. The van der Waals surface area contributed by atoms with Gasteiger partial charge >= 0.3 is 0 Å². The molecule has 1 aromatic heterocycles. The van der Waals surface area contributed by atoms with Crippen LogP contribution in [0.25, 0.3) is 0 Å². The molecular formula is C16H15NO2. The van der Waals surface area contributed by atoms with Crippen molar-refractivity contribution in [2.45, 2.75) is 13.0 Å². The molecule has 0 atom stereocenters. The number of nitrogens with zero attached hydrogens (tertiary/aromatic N) is 1. The number of aliphatic hydroxyl groups excluding tert-OH is 1. The van der Waals surface area contributed by atoms with Gasteiger partial charge < -0.3 is 9.84 Å². The second-order valence-corrected chi connectivity index (χ2v) is 3.92. The van der Waals surface area contributed by atoms with Crippen LogP contribution in [0.1, 0.15) is 17.5 Å². The molecule has 0 unspecified atom stereocenters. The van der Waals surface area contributed by atoms with Crippen molar-refractivity contribution in [2.75, 3.05) is 6.61 Å². The first-order chi connectivity index (χ1) is 9.40. The Bertz CT molecular complexity index is 570. The third-order valence-corrected chi connectivity index (χ3v) is 2.46. The summed E-state index contributed by atoms with van der Waals surface area (Å²) in [7, 11) is 0. The van der Waals surface area contributed by atoms with Gasteiger partial charge in [0.1, 0.15) is 12.4 Å². The van der Waals surface area contributed by atoms with Crippen LogP contribution in [-0.4, -0.2) is 16.7 Å². The molecule has 3 nitrogen and oxygen atoms in total. The molecule has 96 valence electrons. The molecule has 0 aliphatic rings. The molecule has 0 spiro atoms. The van der Waals surface area contributed by atoms with Crippen LogP contribution in [0.15, 0.2) is 48.8 Å². The summed E-state index contributed by atoms with van der Waals surface area (Å²) in [4.78, 5) is 4.04. The molecule has 2 aromatic rings. The van der Waals surface area contributed by atoms with Crippen molar-refractivity contribution in [3.8, 4) is 17.6 Å². The summed E-state index contributed by atoms with van der Waals surface area (Å²) in [5.74, 6) is 6.64. The highest BCUT2D eigenvalue weighted by Gasteiger charge is 2.00. The summed E-state index contributed by atoms with van der Waals surface area (Å²) in [5.41, 5.74) is 1.85. The van der Waals surface area contributed by atoms with Crippen molar-refractivity contribution in [1.82, 2.24) is 4.98 Å². The maximum Gasteiger partial charge on any atom is 0.135 e. The molecule has 0 saturated heterocycles. The monoisotopic (exact) mass is 253 g/mol. The van der Waals surface area contributed by atoms with Crippen LogP contribution in [0.3, 0.4) is 0 Å². The smallest absolute Gasteiger partial charge is 0.135 e. The number of rotatable bonds is 4. The van der Waals surface area contributed by atoms with E-state index < -0.39 is 0 Å². The molecule has 1 N–H and O–H groups in total. The van der Waals surface area contributed by atoms with Crippen molar-refractivity contribution in [1.29, 1.82) is 0 Å². The lowest BCUT2D eigenvalue weighted by atomic mass is 10.2. The van der Waals surface area contributed by atoms with Crippen molar-refractivity contribution >= 4 is 0 Å². The molecule has 1 aromatic carbocycles. The highest BCUT2D eigenvalue weighted by Crippen LogP contribution is 2.18. The first-order valence-corrected chi connectivity index (χ1v) is 6.10. The number of hydrogen-bond acceptors (Lipinski definition) is 3. The first-order valence-electron chi connectivity index (χ1n) is 6.10. The van der Waals surface area contributed by atoms with E-state index in [0.717, 1.165) is 16.9 Å². The number of pyridine rings is 1. The molecule has 0 aliphatic carbocycles. The molecule has 19 heavy (non-hydrogen) atoms. The zero-order chi connectivity index (χ0) is 13.3. The zero-order valence-corrected chi connectivity index (χ0v) is 10.5. The predicted molar refractivity (Wildman–Crippen MR) is 73.6 cm³/mol. The normalized spacial score (nSPS) is 9.53. The summed E-state index contributed by atoms with van der Waals surface area (Å²) in [6.45, 7) is 0.540. The van der Waals surface area contributed by atoms with E-state index in [4.69, 9.17) is 9.84 Å². The van der Waals surface area contributed by atoms with Crippen molar-refractivity contribution in [3.63, 3.8) is 0 Å². The van der Waals surface area contributed by atoms with E-state index in [0.29, 0.717) is 13.0 Å². The second-order valence-electron chi connectivity index (χ2n) is 3.92. The molecule has 2 rings (SSSR count). The molecule has 1 heterocycles. The number of aromatic nitrogens is 1. The maximum atomic E-state index is 8.72. The van der Waals surface area contributed by atoms with Crippen LogP contribution < -0.4 is 4.74 Å². The molecule has 0 amide bonds. The largest absolute Gasteiger partial charge is 0.488 e. The number of para-hydroxylation sites is 1. The SMILES string of the molecule is OCCC#Cc1ccccc1OCc1cccnc1. The van der Waals surface area contributed by atoms with Gasteiger partial charge in [0.15, 0.2) is 0 Å². The van der Waals surface area contributed by atoms with Gasteiger partial charge in [-0.25, -0.2) is 0 Å². The molecule has 3 heteroatoms. The zero-order valence-electron chi connectivity index (χ0n) is 10.5. The van der Waals surface area contributed by atoms with E-state index in [2.05, 4.69) is 16.8 Å². The van der Waals surface area contributed by atoms with Gasteiger partial charge in [-0.1, -0.05) is 30.0 Å². The Labute approximate surface area is 112 Å². The lowest BCUT2D eigenvalue weighted by molar-refractivity contribution is 0.304. The van der Waals surface area contributed by atoms with E-state index in [1.54, 1.807) is 12.4 Å². The summed E-state index contributed by atoms with van der Waals surface area (Å²) in [5, 5.41) is 8.72. The Morgan fingerprint density at radius 3 is 2.84 bits per heavy atom. The minimum atomic E-state index is 0.0751. The minimum Gasteiger partial charge on any atom is -0.488 e. The van der Waals surface area contributed by atoms with Crippen LogP contribution in [0.2, 0.25) is 0 Å². The summed E-state index contributed by atoms with van der Waals surface area (Å²) in [6.07, 6.45) is 3.98. The number of hydrogen-bond donors (Lipinski definition) is 1. The van der Waals surface area contributed by atoms with E-state index in [-0.39, 0.29) is 6.61 Å². The van der Waals surface area contributed by atoms with Crippen molar-refractivity contribution < 1.29 is 9.84 Å². The maximum absolute atomic E-state index is 8.72. The fourth-order valence-corrected chi connectivity index (χ4v) is 1.55. The van der Waals surface area contributed by atoms with E-state index in [1.165, 1.54) is 0 Å². The number of benzene rings is 1. The van der Waals surface area contributed by atoms with Gasteiger partial charge in [0.25, 0.3) is 0 Å². The lowest BCUT2D eigenvalue weighted by Gasteiger charge is -2.07. The standard InChI is InChI=1S/C16H15NO2/c18-11-4-3-8-15-7-1-2-9-16(15)19-13-14-6-5-10-17-12-14/h1-2,5-7,9-10,12,18H,4,11,13H2. The molecular weight excluding hydrogens is 238 g/mol. The van der Waals surface area contributed by atoms with Crippen molar-refractivity contribution in [2.24, 2.45) is 0 Å². The van der Waals surface area contributed by atoms with Gasteiger partial charge in [-0.3, -0.25) is 4.98 Å². The Morgan fingerprint density at radius 1 is 1.16 bits per heavy atom. The van der Waals surface area contributed by atoms with Gasteiger partial charge in [-0.2, -0.15) is 0 Å². The molecule has 0 aliphatic heterocycles. The van der Waals surface area contributed by atoms with Gasteiger partial charge in [0.2, 0.25) is 0 Å². The highest BCUT2D eigenvalue weighted by molar-refractivity contribution is 5.45. The average Bonchev–Trinajstić information content (AvgIpc) is 2.48. The van der Waals surface area contributed by atoms with E-state index >= 15 is 0 Å². The highest BCUT2D eigenvalue weighted by atomic mass is 16.5. The Hall–Kier alpha value is -2.31. The van der Waals surface area contributed by atoms with Crippen LogP contribution in [0, 0.1) is 11.8 Å². The molecule has 0 radical (unpaired) electrons. The molecule has 0 saturated carbocycles. The van der Waals surface area contributed by atoms with Crippen molar-refractivity contribution in [3.05, 3.63) is 59.9 Å². The second kappa shape index (κ2) is 7.20. The Balaban J connectivity index is 2.06. The third kappa shape index (κ3) is 4.13. The van der Waals surface area contributed by atoms with Gasteiger partial charge in [0.05, 0.1) is 12.2 Å². The topological polar surface area (TPSA) is 42.4 Å². The number of ether oxygens (including phenoxy) is 1. The third-order valence-electron chi connectivity index (χ3n) is 2.46. The van der Waals surface area contributed by atoms with Crippen LogP contribution in [-0.2, 0) is 6.61 Å². The Kier molecular flexibility index (Phi) is 4.97. The quantitative estimate of drug-likeness (QED) is 0.851. The summed E-state index contributed by atoms with van der Waals surface area (Å²) in [6, 6.07) is 11.5. The molecule has 0 bridgehead atoms. The van der Waals surface area contributed by atoms with Crippen LogP contribution >= 0.6 is 0 Å². The van der Waals surface area contributed by atoms with Crippen LogP contribution in [0.4, 0.5) is 0 Å². The Morgan fingerprint density at radius 2 is 2.05 bits per heavy atom. The lowest BCUT2D eigenvalue weighted by Crippen LogP contribution is -1.97. The van der Waals surface area contributed by atoms with Crippen LogP contribution in [0.5, 0.6) is 5.75 Å². The summed E-state index contributed by atoms with van der Waals surface area (Å²) < 4.78 is 5.75. The average molecular weight is 253 g/mol. The van der Waals surface area contributed by atoms with E-state index in [9.17, 15) is 0 Å². The van der Waals surface area contributed by atoms with E-state index in [1.807, 2.05) is 36.4 Å². The van der Waals surface area contributed by atoms with Gasteiger partial charge in [0, 0.05) is 24.4 Å². The predicted octanol–water partition coefficient (Wildman–Crippen LogP) is 2.39. The fourth-order valence-electron chi connectivity index (χ4n) is 1.55. The minimum absolute atomic E-state index is 0.0751. The fraction of sp³-hybridized carbons (Fsp3) is 0.188. The number of aliphatic hydroxyl groups is 1. The summed E-state index contributed by atoms with van der Waals surface area (Å²) >= 11 is 0. The van der Waals surface area contributed by atoms with Gasteiger partial charge in [-0.05, 0) is 18.2 Å². The van der Waals surface area contributed by atoms with Gasteiger partial charge in [-0.15, -0.1) is 0 Å². The molecule has 0 fully saturated rings.